The van der Waals surface area contributed by atoms with Crippen LogP contribution >= 0.6 is 0 Å². The van der Waals surface area contributed by atoms with Crippen molar-refractivity contribution in [2.75, 3.05) is 0 Å². The molecule has 1 aromatic carbocycles. The van der Waals surface area contributed by atoms with Crippen LogP contribution in [0.3, 0.4) is 0 Å². The fourth-order valence-electron chi connectivity index (χ4n) is 3.15. The summed E-state index contributed by atoms with van der Waals surface area (Å²) in [6.45, 7) is 4.68. The van der Waals surface area contributed by atoms with Crippen LogP contribution in [-0.2, 0) is 5.41 Å². The molecule has 1 aromatic rings. The molecule has 0 saturated heterocycles. The van der Waals surface area contributed by atoms with E-state index in [0.29, 0.717) is 5.92 Å². The first-order chi connectivity index (χ1) is 7.60. The molecule has 0 saturated carbocycles. The van der Waals surface area contributed by atoms with Crippen molar-refractivity contribution in [1.82, 2.24) is 0 Å². The van der Waals surface area contributed by atoms with Crippen LogP contribution in [-0.4, -0.2) is 0 Å². The Hall–Kier alpha value is -1.50. The van der Waals surface area contributed by atoms with Crippen LogP contribution in [0.15, 0.2) is 42.1 Å². The fraction of sp³-hybridized carbons (Fsp3) is 0.333. The molecule has 3 rings (SSSR count). The molecule has 0 heterocycles. The SMILES string of the molecule is CC1(C)c2ccccc2C2=CC(N)=CCC21. The van der Waals surface area contributed by atoms with E-state index in [-0.39, 0.29) is 5.41 Å². The molecule has 2 aliphatic carbocycles. The van der Waals surface area contributed by atoms with Crippen molar-refractivity contribution in [3.8, 4) is 0 Å². The van der Waals surface area contributed by atoms with Gasteiger partial charge in [-0.1, -0.05) is 44.2 Å². The first kappa shape index (κ1) is 9.71. The van der Waals surface area contributed by atoms with Gasteiger partial charge in [-0.3, -0.25) is 0 Å². The fourth-order valence-corrected chi connectivity index (χ4v) is 3.15. The number of allylic oxidation sites excluding steroid dienone is 3. The molecular formula is C15H17N. The molecule has 0 bridgehead atoms. The number of hydrogen-bond donors (Lipinski definition) is 1. The zero-order chi connectivity index (χ0) is 11.3. The van der Waals surface area contributed by atoms with Crippen LogP contribution in [0, 0.1) is 5.92 Å². The van der Waals surface area contributed by atoms with Gasteiger partial charge in [-0.15, -0.1) is 0 Å². The summed E-state index contributed by atoms with van der Waals surface area (Å²) in [6, 6.07) is 8.73. The quantitative estimate of drug-likeness (QED) is 0.700. The zero-order valence-electron chi connectivity index (χ0n) is 9.83. The average Bonchev–Trinajstić information content (AvgIpc) is 2.49. The van der Waals surface area contributed by atoms with Crippen molar-refractivity contribution in [3.05, 3.63) is 53.2 Å². The molecule has 16 heavy (non-hydrogen) atoms. The molecular weight excluding hydrogens is 194 g/mol. The normalized spacial score (nSPS) is 25.5. The highest BCUT2D eigenvalue weighted by Crippen LogP contribution is 2.52. The van der Waals surface area contributed by atoms with Gasteiger partial charge in [0.2, 0.25) is 0 Å². The summed E-state index contributed by atoms with van der Waals surface area (Å²) in [7, 11) is 0. The smallest absolute Gasteiger partial charge is 0.0276 e. The molecule has 82 valence electrons. The van der Waals surface area contributed by atoms with Gasteiger partial charge in [0.1, 0.15) is 0 Å². The number of benzene rings is 1. The summed E-state index contributed by atoms with van der Waals surface area (Å²) in [5.41, 5.74) is 11.4. The summed E-state index contributed by atoms with van der Waals surface area (Å²) < 4.78 is 0. The van der Waals surface area contributed by atoms with Crippen molar-refractivity contribution in [2.45, 2.75) is 25.7 Å². The minimum Gasteiger partial charge on any atom is -0.399 e. The standard InChI is InChI=1S/C15H17N/c1-15(2)13-6-4-3-5-11(13)12-9-10(16)7-8-14(12)15/h3-7,9,14H,8,16H2,1-2H3. The Morgan fingerprint density at radius 3 is 2.81 bits per heavy atom. The second-order valence-corrected chi connectivity index (χ2v) is 5.36. The van der Waals surface area contributed by atoms with E-state index in [2.05, 4.69) is 50.3 Å². The predicted octanol–water partition coefficient (Wildman–Crippen LogP) is 3.22. The second-order valence-electron chi connectivity index (χ2n) is 5.36. The Morgan fingerprint density at radius 1 is 1.25 bits per heavy atom. The van der Waals surface area contributed by atoms with E-state index in [1.165, 1.54) is 16.7 Å². The number of rotatable bonds is 0. The molecule has 1 nitrogen and oxygen atoms in total. The third-order valence-corrected chi connectivity index (χ3v) is 4.09. The third kappa shape index (κ3) is 1.12. The lowest BCUT2D eigenvalue weighted by Crippen LogP contribution is -2.24. The Balaban J connectivity index is 2.25. The molecule has 1 unspecified atom stereocenters. The van der Waals surface area contributed by atoms with Crippen LogP contribution in [0.25, 0.3) is 5.57 Å². The third-order valence-electron chi connectivity index (χ3n) is 4.09. The lowest BCUT2D eigenvalue weighted by molar-refractivity contribution is 0.413. The van der Waals surface area contributed by atoms with E-state index in [1.807, 2.05) is 0 Å². The maximum absolute atomic E-state index is 5.92. The molecule has 1 atom stereocenters. The largest absolute Gasteiger partial charge is 0.399 e. The van der Waals surface area contributed by atoms with Gasteiger partial charge in [-0.25, -0.2) is 0 Å². The van der Waals surface area contributed by atoms with E-state index >= 15 is 0 Å². The molecule has 0 aromatic heterocycles. The van der Waals surface area contributed by atoms with E-state index < -0.39 is 0 Å². The molecule has 0 radical (unpaired) electrons. The van der Waals surface area contributed by atoms with Crippen molar-refractivity contribution < 1.29 is 0 Å². The van der Waals surface area contributed by atoms with Crippen molar-refractivity contribution >= 4 is 5.57 Å². The zero-order valence-corrected chi connectivity index (χ0v) is 9.83. The summed E-state index contributed by atoms with van der Waals surface area (Å²) in [6.07, 6.45) is 5.38. The maximum Gasteiger partial charge on any atom is 0.0276 e. The van der Waals surface area contributed by atoms with Gasteiger partial charge < -0.3 is 5.73 Å². The molecule has 2 aliphatic rings. The highest BCUT2D eigenvalue weighted by atomic mass is 14.6. The summed E-state index contributed by atoms with van der Waals surface area (Å²) >= 11 is 0. The second kappa shape index (κ2) is 3.00. The van der Waals surface area contributed by atoms with E-state index in [0.717, 1.165) is 12.1 Å². The first-order valence-electron chi connectivity index (χ1n) is 5.88. The van der Waals surface area contributed by atoms with Crippen molar-refractivity contribution in [3.63, 3.8) is 0 Å². The van der Waals surface area contributed by atoms with Gasteiger partial charge >= 0.3 is 0 Å². The average molecular weight is 211 g/mol. The van der Waals surface area contributed by atoms with E-state index in [9.17, 15) is 0 Å². The first-order valence-corrected chi connectivity index (χ1v) is 5.88. The minimum atomic E-state index is 0.236. The van der Waals surface area contributed by atoms with Crippen LogP contribution < -0.4 is 5.73 Å². The van der Waals surface area contributed by atoms with E-state index in [4.69, 9.17) is 5.73 Å². The topological polar surface area (TPSA) is 26.0 Å². The number of nitrogens with two attached hydrogens (primary N) is 1. The Kier molecular flexibility index (Phi) is 1.82. The number of hydrogen-bond acceptors (Lipinski definition) is 1. The van der Waals surface area contributed by atoms with Crippen LogP contribution in [0.4, 0.5) is 0 Å². The lowest BCUT2D eigenvalue weighted by atomic mass is 9.74. The van der Waals surface area contributed by atoms with Crippen molar-refractivity contribution in [1.29, 1.82) is 0 Å². The predicted molar refractivity (Wildman–Crippen MR) is 67.8 cm³/mol. The lowest BCUT2D eigenvalue weighted by Gasteiger charge is -2.29. The molecule has 0 spiro atoms. The summed E-state index contributed by atoms with van der Waals surface area (Å²) in [5.74, 6) is 0.595. The van der Waals surface area contributed by atoms with Gasteiger partial charge in [-0.05, 0) is 40.5 Å². The molecule has 2 N–H and O–H groups in total. The van der Waals surface area contributed by atoms with Crippen LogP contribution in [0.2, 0.25) is 0 Å². The Labute approximate surface area is 96.7 Å². The molecule has 0 amide bonds. The van der Waals surface area contributed by atoms with Gasteiger partial charge in [0.15, 0.2) is 0 Å². The van der Waals surface area contributed by atoms with Gasteiger partial charge in [0.25, 0.3) is 0 Å². The Morgan fingerprint density at radius 2 is 2.00 bits per heavy atom. The highest BCUT2D eigenvalue weighted by Gasteiger charge is 2.42. The van der Waals surface area contributed by atoms with Gasteiger partial charge in [0.05, 0.1) is 0 Å². The monoisotopic (exact) mass is 211 g/mol. The molecule has 0 aliphatic heterocycles. The van der Waals surface area contributed by atoms with Crippen LogP contribution in [0.5, 0.6) is 0 Å². The minimum absolute atomic E-state index is 0.236. The molecule has 1 heteroatoms. The van der Waals surface area contributed by atoms with Crippen molar-refractivity contribution in [2.24, 2.45) is 11.7 Å². The highest BCUT2D eigenvalue weighted by molar-refractivity contribution is 5.80. The van der Waals surface area contributed by atoms with E-state index in [1.54, 1.807) is 0 Å². The van der Waals surface area contributed by atoms with Crippen LogP contribution in [0.1, 0.15) is 31.4 Å². The number of fused-ring (bicyclic) bond motifs is 3. The maximum atomic E-state index is 5.92. The Bertz CT molecular complexity index is 506. The van der Waals surface area contributed by atoms with Gasteiger partial charge in [0, 0.05) is 5.70 Å². The summed E-state index contributed by atoms with van der Waals surface area (Å²) in [5, 5.41) is 0. The summed E-state index contributed by atoms with van der Waals surface area (Å²) in [4.78, 5) is 0. The molecule has 0 fully saturated rings. The van der Waals surface area contributed by atoms with Gasteiger partial charge in [-0.2, -0.15) is 0 Å².